The molecule has 0 spiro atoms. The predicted octanol–water partition coefficient (Wildman–Crippen LogP) is 3.44. The van der Waals surface area contributed by atoms with Gasteiger partial charge in [-0.15, -0.1) is 22.9 Å². The van der Waals surface area contributed by atoms with E-state index in [2.05, 4.69) is 4.98 Å². The molecule has 0 radical (unpaired) electrons. The van der Waals surface area contributed by atoms with Gasteiger partial charge in [-0.3, -0.25) is 4.79 Å². The van der Waals surface area contributed by atoms with E-state index in [4.69, 9.17) is 11.6 Å². The summed E-state index contributed by atoms with van der Waals surface area (Å²) in [6.45, 7) is 2.79. The van der Waals surface area contributed by atoms with Gasteiger partial charge in [0, 0.05) is 23.0 Å². The Labute approximate surface area is 119 Å². The lowest BCUT2D eigenvalue weighted by molar-refractivity contribution is 0.591. The van der Waals surface area contributed by atoms with Gasteiger partial charge in [0.2, 0.25) is 0 Å². The van der Waals surface area contributed by atoms with Crippen molar-refractivity contribution in [1.29, 1.82) is 0 Å². The number of aryl methyl sites for hydroxylation is 2. The lowest BCUT2D eigenvalue weighted by Gasteiger charge is -2.03. The normalized spacial score (nSPS) is 11.0. The largest absolute Gasteiger partial charge is 0.307 e. The molecule has 0 saturated carbocycles. The van der Waals surface area contributed by atoms with Crippen molar-refractivity contribution in [1.82, 2.24) is 9.55 Å². The standard InChI is InChI=1S/C12H15ClN2OS2/c1-9-7-18-12(16)15(9)5-3-2-4-11-14-10(6-13)8-17-11/h7-8H,2-6H2,1H3. The zero-order valence-electron chi connectivity index (χ0n) is 10.2. The topological polar surface area (TPSA) is 34.9 Å². The summed E-state index contributed by atoms with van der Waals surface area (Å²) in [5, 5.41) is 5.06. The molecule has 98 valence electrons. The smallest absolute Gasteiger partial charge is 0.303 e. The second kappa shape index (κ2) is 6.50. The average Bonchev–Trinajstić information content (AvgIpc) is 2.94. The molecule has 0 fully saturated rings. The molecule has 0 aromatic carbocycles. The van der Waals surface area contributed by atoms with Crippen LogP contribution in [0.5, 0.6) is 0 Å². The molecule has 2 rings (SSSR count). The van der Waals surface area contributed by atoms with Crippen molar-refractivity contribution in [3.8, 4) is 0 Å². The van der Waals surface area contributed by atoms with Crippen LogP contribution < -0.4 is 4.87 Å². The van der Waals surface area contributed by atoms with Gasteiger partial charge in [0.1, 0.15) is 0 Å². The number of unbranched alkanes of at least 4 members (excludes halogenated alkanes) is 1. The van der Waals surface area contributed by atoms with E-state index < -0.39 is 0 Å². The molecule has 3 nitrogen and oxygen atoms in total. The van der Waals surface area contributed by atoms with Crippen molar-refractivity contribution in [3.05, 3.63) is 36.8 Å². The summed E-state index contributed by atoms with van der Waals surface area (Å²) in [7, 11) is 0. The molecule has 0 atom stereocenters. The SMILES string of the molecule is Cc1csc(=O)n1CCCCc1nc(CCl)cs1. The van der Waals surface area contributed by atoms with Crippen molar-refractivity contribution < 1.29 is 0 Å². The summed E-state index contributed by atoms with van der Waals surface area (Å²) in [4.78, 5) is 16.1. The predicted molar refractivity (Wildman–Crippen MR) is 77.9 cm³/mol. The fourth-order valence-electron chi connectivity index (χ4n) is 1.75. The monoisotopic (exact) mass is 302 g/mol. The minimum atomic E-state index is 0.145. The Hall–Kier alpha value is -0.650. The van der Waals surface area contributed by atoms with Crippen LogP contribution in [0, 0.1) is 6.92 Å². The average molecular weight is 303 g/mol. The third-order valence-electron chi connectivity index (χ3n) is 2.74. The van der Waals surface area contributed by atoms with Gasteiger partial charge >= 0.3 is 4.87 Å². The van der Waals surface area contributed by atoms with Crippen LogP contribution in [-0.2, 0) is 18.8 Å². The molecule has 0 aliphatic heterocycles. The van der Waals surface area contributed by atoms with Crippen LogP contribution in [0.3, 0.4) is 0 Å². The maximum absolute atomic E-state index is 11.5. The van der Waals surface area contributed by atoms with Crippen molar-refractivity contribution in [2.24, 2.45) is 0 Å². The molecular weight excluding hydrogens is 288 g/mol. The third-order valence-corrected chi connectivity index (χ3v) is 4.85. The quantitative estimate of drug-likeness (QED) is 0.605. The van der Waals surface area contributed by atoms with Crippen LogP contribution in [0.1, 0.15) is 29.2 Å². The molecule has 2 aromatic rings. The molecule has 0 saturated heterocycles. The molecule has 2 aromatic heterocycles. The van der Waals surface area contributed by atoms with Gasteiger partial charge in [0.15, 0.2) is 0 Å². The van der Waals surface area contributed by atoms with E-state index >= 15 is 0 Å². The first-order valence-electron chi connectivity index (χ1n) is 5.85. The number of nitrogens with zero attached hydrogens (tertiary/aromatic N) is 2. The Bertz CT molecular complexity index is 558. The second-order valence-corrected chi connectivity index (χ2v) is 6.15. The first-order chi connectivity index (χ1) is 8.70. The van der Waals surface area contributed by atoms with E-state index in [-0.39, 0.29) is 4.87 Å². The minimum Gasteiger partial charge on any atom is -0.303 e. The highest BCUT2D eigenvalue weighted by Crippen LogP contribution is 2.14. The number of halogens is 1. The molecule has 0 aliphatic rings. The Balaban J connectivity index is 1.78. The van der Waals surface area contributed by atoms with Crippen molar-refractivity contribution >= 4 is 34.3 Å². The lowest BCUT2D eigenvalue weighted by Crippen LogP contribution is -2.14. The Morgan fingerprint density at radius 3 is 2.78 bits per heavy atom. The highest BCUT2D eigenvalue weighted by molar-refractivity contribution is 7.09. The fourth-order valence-corrected chi connectivity index (χ4v) is 3.58. The van der Waals surface area contributed by atoms with Crippen LogP contribution in [-0.4, -0.2) is 9.55 Å². The second-order valence-electron chi connectivity index (χ2n) is 4.12. The highest BCUT2D eigenvalue weighted by Gasteiger charge is 2.03. The van der Waals surface area contributed by atoms with Crippen LogP contribution in [0.15, 0.2) is 15.6 Å². The number of hydrogen-bond acceptors (Lipinski definition) is 4. The van der Waals surface area contributed by atoms with Gasteiger partial charge in [-0.1, -0.05) is 11.3 Å². The number of rotatable bonds is 6. The summed E-state index contributed by atoms with van der Waals surface area (Å²) in [5.74, 6) is 0.486. The van der Waals surface area contributed by atoms with Gasteiger partial charge in [0.25, 0.3) is 0 Å². The van der Waals surface area contributed by atoms with Crippen LogP contribution in [0.4, 0.5) is 0 Å². The Kier molecular flexibility index (Phi) is 4.97. The first-order valence-corrected chi connectivity index (χ1v) is 8.14. The van der Waals surface area contributed by atoms with E-state index in [0.717, 1.165) is 42.2 Å². The summed E-state index contributed by atoms with van der Waals surface area (Å²) in [6.07, 6.45) is 3.03. The van der Waals surface area contributed by atoms with Gasteiger partial charge < -0.3 is 4.57 Å². The number of alkyl halides is 1. The van der Waals surface area contributed by atoms with Gasteiger partial charge in [0.05, 0.1) is 16.6 Å². The van der Waals surface area contributed by atoms with E-state index in [1.165, 1.54) is 11.3 Å². The molecule has 0 N–H and O–H groups in total. The molecule has 18 heavy (non-hydrogen) atoms. The summed E-state index contributed by atoms with van der Waals surface area (Å²) in [6, 6.07) is 0. The van der Waals surface area contributed by atoms with E-state index in [1.807, 2.05) is 22.3 Å². The minimum absolute atomic E-state index is 0.145. The zero-order valence-corrected chi connectivity index (χ0v) is 12.6. The highest BCUT2D eigenvalue weighted by atomic mass is 35.5. The molecule has 6 heteroatoms. The molecule has 0 unspecified atom stereocenters. The van der Waals surface area contributed by atoms with Crippen LogP contribution in [0.2, 0.25) is 0 Å². The van der Waals surface area contributed by atoms with E-state index in [1.54, 1.807) is 11.3 Å². The third kappa shape index (κ3) is 3.43. The van der Waals surface area contributed by atoms with Crippen molar-refractivity contribution in [2.45, 2.75) is 38.6 Å². The van der Waals surface area contributed by atoms with Crippen LogP contribution in [0.25, 0.3) is 0 Å². The van der Waals surface area contributed by atoms with E-state index in [0.29, 0.717) is 5.88 Å². The maximum atomic E-state index is 11.5. The Morgan fingerprint density at radius 2 is 2.17 bits per heavy atom. The van der Waals surface area contributed by atoms with E-state index in [9.17, 15) is 4.79 Å². The summed E-state index contributed by atoms with van der Waals surface area (Å²) in [5.41, 5.74) is 2.02. The molecular formula is C12H15ClN2OS2. The van der Waals surface area contributed by atoms with Gasteiger partial charge in [-0.25, -0.2) is 4.98 Å². The van der Waals surface area contributed by atoms with Gasteiger partial charge in [-0.2, -0.15) is 0 Å². The number of thiazole rings is 2. The molecule has 0 aliphatic carbocycles. The first kappa shape index (κ1) is 13.8. The molecule has 2 heterocycles. The van der Waals surface area contributed by atoms with Crippen molar-refractivity contribution in [2.75, 3.05) is 0 Å². The fraction of sp³-hybridized carbons (Fsp3) is 0.500. The number of hydrogen-bond donors (Lipinski definition) is 0. The zero-order chi connectivity index (χ0) is 13.0. The van der Waals surface area contributed by atoms with Gasteiger partial charge in [-0.05, 0) is 26.2 Å². The molecule has 0 amide bonds. The maximum Gasteiger partial charge on any atom is 0.307 e. The summed E-state index contributed by atoms with van der Waals surface area (Å²) >= 11 is 8.65. The number of aromatic nitrogens is 2. The molecule has 0 bridgehead atoms. The van der Waals surface area contributed by atoms with Crippen LogP contribution >= 0.6 is 34.3 Å². The Morgan fingerprint density at radius 1 is 1.33 bits per heavy atom. The lowest BCUT2D eigenvalue weighted by atomic mass is 10.2. The van der Waals surface area contributed by atoms with Crippen molar-refractivity contribution in [3.63, 3.8) is 0 Å². The summed E-state index contributed by atoms with van der Waals surface area (Å²) < 4.78 is 1.84.